The smallest absolute Gasteiger partial charge is 0.407 e. The summed E-state index contributed by atoms with van der Waals surface area (Å²) in [7, 11) is 1.80. The molecular weight excluding hydrogens is 729 g/mol. The molecule has 2 aliphatic heterocycles. The number of aromatic nitrogens is 4. The molecule has 4 atom stereocenters. The van der Waals surface area contributed by atoms with Crippen LogP contribution in [0.2, 0.25) is 0 Å². The first kappa shape index (κ1) is 39.2. The number of nitrogens with zero attached hydrogens (tertiary/aromatic N) is 3. The molecule has 0 bridgehead atoms. The minimum absolute atomic E-state index is 0.00506. The van der Waals surface area contributed by atoms with E-state index in [1.54, 1.807) is 11.9 Å². The molecule has 0 unspecified atom stereocenters. The quantitative estimate of drug-likeness (QED) is 0.0890. The van der Waals surface area contributed by atoms with E-state index in [2.05, 4.69) is 47.0 Å². The number of carbonyl (C=O) groups excluding carboxylic acids is 4. The topological polar surface area (TPSA) is 207 Å². The van der Waals surface area contributed by atoms with Gasteiger partial charge in [-0.25, -0.2) is 9.59 Å². The Labute approximate surface area is 331 Å². The van der Waals surface area contributed by atoms with Crippen LogP contribution in [-0.4, -0.2) is 75.7 Å². The fourth-order valence-corrected chi connectivity index (χ4v) is 7.99. The van der Waals surface area contributed by atoms with Gasteiger partial charge in [-0.05, 0) is 89.5 Å². The molecule has 16 heteroatoms. The maximum Gasteiger partial charge on any atom is 0.407 e. The van der Waals surface area contributed by atoms with E-state index < -0.39 is 0 Å². The van der Waals surface area contributed by atoms with Crippen molar-refractivity contribution in [2.45, 2.75) is 115 Å². The normalized spacial score (nSPS) is 20.8. The number of hydrogen-bond donors (Lipinski definition) is 7. The molecule has 2 aromatic heterocycles. The Balaban J connectivity index is 0.000000174. The van der Waals surface area contributed by atoms with Crippen molar-refractivity contribution in [3.05, 3.63) is 71.0 Å². The van der Waals surface area contributed by atoms with Gasteiger partial charge < -0.3 is 41.0 Å². The third-order valence-corrected chi connectivity index (χ3v) is 10.7. The maximum atomic E-state index is 12.0. The molecule has 7 N–H and O–H groups in total. The molecule has 4 aromatic rings. The van der Waals surface area contributed by atoms with Crippen LogP contribution < -0.4 is 31.5 Å². The number of alkyl carbamates (subject to hydrolysis) is 2. The molecular formula is C41H52N10O6. The third-order valence-electron chi connectivity index (χ3n) is 10.7. The van der Waals surface area contributed by atoms with E-state index in [0.717, 1.165) is 83.8 Å². The van der Waals surface area contributed by atoms with Gasteiger partial charge in [0.2, 0.25) is 11.8 Å². The van der Waals surface area contributed by atoms with Crippen LogP contribution in [0.3, 0.4) is 0 Å². The predicted octanol–water partition coefficient (Wildman–Crippen LogP) is 6.86. The highest BCUT2D eigenvalue weighted by Crippen LogP contribution is 2.40. The summed E-state index contributed by atoms with van der Waals surface area (Å²) >= 11 is 0. The lowest BCUT2D eigenvalue weighted by molar-refractivity contribution is -0.117. The summed E-state index contributed by atoms with van der Waals surface area (Å²) < 4.78 is 11.0. The largest absolute Gasteiger partial charge is 0.446 e. The summed E-state index contributed by atoms with van der Waals surface area (Å²) in [6.07, 6.45) is 5.12. The number of H-pyrrole nitrogens is 2. The SMILES string of the molecule is CC(C)NC(=O)O[C@@H]1CC[C@H](c2cc(Nc3cccc4c3N(C)C(=O)C4)n[nH]2)C1.CC(C)NC(=O)O[C@@H]1CC[C@H](c2cc(Nc3cccc4c3NC(=O)C4)n[nH]2)C1. The van der Waals surface area contributed by atoms with Crippen LogP contribution in [0, 0.1) is 0 Å². The second kappa shape index (κ2) is 17.0. The Hall–Kier alpha value is -6.06. The Morgan fingerprint density at radius 3 is 1.82 bits per heavy atom. The molecule has 8 rings (SSSR count). The number of benzene rings is 2. The zero-order chi connectivity index (χ0) is 40.2. The van der Waals surface area contributed by atoms with Gasteiger partial charge in [-0.15, -0.1) is 0 Å². The zero-order valence-corrected chi connectivity index (χ0v) is 33.0. The van der Waals surface area contributed by atoms with Crippen LogP contribution in [0.25, 0.3) is 0 Å². The Bertz CT molecular complexity index is 2110. The van der Waals surface area contributed by atoms with Crippen molar-refractivity contribution in [1.82, 2.24) is 31.0 Å². The van der Waals surface area contributed by atoms with Gasteiger partial charge >= 0.3 is 12.2 Å². The van der Waals surface area contributed by atoms with Crippen LogP contribution in [-0.2, 0) is 31.9 Å². The van der Waals surface area contributed by atoms with E-state index in [1.807, 2.05) is 76.2 Å². The van der Waals surface area contributed by atoms with Crippen molar-refractivity contribution in [2.75, 3.05) is 27.9 Å². The molecule has 2 aromatic carbocycles. The minimum atomic E-state index is -0.354. The summed E-state index contributed by atoms with van der Waals surface area (Å²) in [6.45, 7) is 7.64. The number of anilines is 6. The molecule has 4 heterocycles. The van der Waals surface area contributed by atoms with Crippen molar-refractivity contribution < 1.29 is 28.7 Å². The maximum absolute atomic E-state index is 12.0. The van der Waals surface area contributed by atoms with Crippen molar-refractivity contribution in [3.63, 3.8) is 0 Å². The van der Waals surface area contributed by atoms with E-state index in [9.17, 15) is 19.2 Å². The highest BCUT2D eigenvalue weighted by atomic mass is 16.6. The van der Waals surface area contributed by atoms with Crippen LogP contribution >= 0.6 is 0 Å². The highest BCUT2D eigenvalue weighted by Gasteiger charge is 2.32. The molecule has 4 aliphatic rings. The van der Waals surface area contributed by atoms with Gasteiger partial charge in [0.05, 0.1) is 35.6 Å². The summed E-state index contributed by atoms with van der Waals surface area (Å²) in [5, 5.41) is 30.0. The van der Waals surface area contributed by atoms with Gasteiger partial charge in [-0.2, -0.15) is 10.2 Å². The summed E-state index contributed by atoms with van der Waals surface area (Å²) in [5.41, 5.74) is 7.49. The molecule has 2 saturated carbocycles. The van der Waals surface area contributed by atoms with Gasteiger partial charge in [-0.1, -0.05) is 24.3 Å². The minimum Gasteiger partial charge on any atom is -0.446 e. The van der Waals surface area contributed by atoms with Gasteiger partial charge in [0.15, 0.2) is 11.6 Å². The van der Waals surface area contributed by atoms with Gasteiger partial charge in [-0.3, -0.25) is 19.8 Å². The molecule has 0 radical (unpaired) electrons. The Morgan fingerprint density at radius 1 is 0.737 bits per heavy atom. The van der Waals surface area contributed by atoms with Gasteiger partial charge in [0, 0.05) is 54.5 Å². The standard InChI is InChI=1S/C21H27N5O3.C20H25N5O3/c1-12(2)22-21(28)29-15-8-7-13(9-15)17-11-18(25-24-17)23-16-6-4-5-14-10-19(27)26(3)20(14)16;1-11(2)21-20(27)28-14-7-6-12(8-14)16-10-17(25-24-16)22-15-5-3-4-13-9-18(26)23-19(13)15/h4-6,11-13,15H,7-10H2,1-3H3,(H,22,28)(H2,23,24,25);3-5,10-12,14H,6-9H2,1-2H3,(H,21,27)(H,23,26)(H2,22,24,25)/t13-,15+;12-,14+/m00/s1. The lowest BCUT2D eigenvalue weighted by Crippen LogP contribution is -2.33. The molecule has 57 heavy (non-hydrogen) atoms. The second-order valence-corrected chi connectivity index (χ2v) is 15.8. The lowest BCUT2D eigenvalue weighted by Gasteiger charge is -2.15. The fourth-order valence-electron chi connectivity index (χ4n) is 7.99. The van der Waals surface area contributed by atoms with E-state index in [4.69, 9.17) is 9.47 Å². The van der Waals surface area contributed by atoms with Crippen LogP contribution in [0.5, 0.6) is 0 Å². The molecule has 2 fully saturated rings. The van der Waals surface area contributed by atoms with Crippen molar-refractivity contribution >= 4 is 58.4 Å². The van der Waals surface area contributed by atoms with Crippen LogP contribution in [0.15, 0.2) is 48.5 Å². The molecule has 4 amide bonds. The number of ether oxygens (including phenoxy) is 2. The summed E-state index contributed by atoms with van der Waals surface area (Å²) in [4.78, 5) is 48.9. The lowest BCUT2D eigenvalue weighted by atomic mass is 10.0. The fraction of sp³-hybridized carbons (Fsp3) is 0.463. The number of fused-ring (bicyclic) bond motifs is 2. The van der Waals surface area contributed by atoms with Gasteiger partial charge in [0.25, 0.3) is 0 Å². The van der Waals surface area contributed by atoms with Crippen LogP contribution in [0.4, 0.5) is 44.0 Å². The number of aromatic amines is 2. The average molecular weight is 781 g/mol. The van der Waals surface area contributed by atoms with E-state index in [1.165, 1.54) is 0 Å². The zero-order valence-electron chi connectivity index (χ0n) is 33.0. The first-order valence-corrected chi connectivity index (χ1v) is 19.8. The number of carbonyl (C=O) groups is 4. The molecule has 16 nitrogen and oxygen atoms in total. The molecule has 302 valence electrons. The Kier molecular flexibility index (Phi) is 11.7. The highest BCUT2D eigenvalue weighted by molar-refractivity contribution is 6.05. The van der Waals surface area contributed by atoms with Gasteiger partial charge in [0.1, 0.15) is 12.2 Å². The number of amides is 4. The second-order valence-electron chi connectivity index (χ2n) is 15.8. The first-order chi connectivity index (χ1) is 27.4. The number of likely N-dealkylation sites (N-methyl/N-ethyl adjacent to an activating group) is 1. The van der Waals surface area contributed by atoms with Crippen molar-refractivity contribution in [2.24, 2.45) is 0 Å². The third kappa shape index (κ3) is 9.50. The first-order valence-electron chi connectivity index (χ1n) is 19.8. The van der Waals surface area contributed by atoms with Crippen molar-refractivity contribution in [1.29, 1.82) is 0 Å². The molecule has 0 saturated heterocycles. The number of nitrogens with one attached hydrogen (secondary N) is 7. The number of rotatable bonds is 10. The van der Waals surface area contributed by atoms with Crippen molar-refractivity contribution in [3.8, 4) is 0 Å². The van der Waals surface area contributed by atoms with E-state index >= 15 is 0 Å². The van der Waals surface area contributed by atoms with E-state index in [-0.39, 0.29) is 60.1 Å². The van der Waals surface area contributed by atoms with Crippen LogP contribution in [0.1, 0.15) is 101 Å². The average Bonchev–Trinajstić information content (AvgIpc) is 4.00. The number of para-hydroxylation sites is 2. The molecule has 0 spiro atoms. The monoisotopic (exact) mass is 780 g/mol. The predicted molar refractivity (Wildman–Crippen MR) is 216 cm³/mol. The number of hydrogen-bond acceptors (Lipinski definition) is 10. The van der Waals surface area contributed by atoms with E-state index in [0.29, 0.717) is 24.5 Å². The molecule has 2 aliphatic carbocycles. The summed E-state index contributed by atoms with van der Waals surface area (Å²) in [6, 6.07) is 15.8. The Morgan fingerprint density at radius 2 is 1.26 bits per heavy atom. The summed E-state index contributed by atoms with van der Waals surface area (Å²) in [5.74, 6) is 2.07.